The number of imidazole rings is 1. The third kappa shape index (κ3) is 4.21. The maximum Gasteiger partial charge on any atom is 0.326 e. The normalized spacial score (nSPS) is 11.6. The first-order valence-corrected chi connectivity index (χ1v) is 8.16. The zero-order valence-corrected chi connectivity index (χ0v) is 13.3. The molecule has 0 spiro atoms. The topological polar surface area (TPSA) is 41.0 Å². The highest BCUT2D eigenvalue weighted by Crippen LogP contribution is 2.09. The number of rotatable bonds is 9. The lowest BCUT2D eigenvalue weighted by molar-refractivity contribution is 0.255. The van der Waals surface area contributed by atoms with Crippen LogP contribution in [0.2, 0.25) is 0 Å². The Hall–Kier alpha value is -1.55. The first kappa shape index (κ1) is 15.8. The van der Waals surface area contributed by atoms with Crippen LogP contribution in [-0.4, -0.2) is 34.1 Å². The van der Waals surface area contributed by atoms with Crippen molar-refractivity contribution in [2.45, 2.75) is 46.1 Å². The lowest BCUT2D eigenvalue weighted by Crippen LogP contribution is -2.32. The summed E-state index contributed by atoms with van der Waals surface area (Å²) in [5.41, 5.74) is 1.94. The number of hydrogen-bond donors (Lipinski definition) is 1. The molecule has 0 saturated carbocycles. The van der Waals surface area contributed by atoms with Gasteiger partial charge in [0.05, 0.1) is 11.0 Å². The molecule has 4 heteroatoms. The third-order valence-corrected chi connectivity index (χ3v) is 3.98. The Balaban J connectivity index is 2.04. The van der Waals surface area contributed by atoms with Crippen molar-refractivity contribution in [3.8, 4) is 0 Å². The van der Waals surface area contributed by atoms with Crippen molar-refractivity contribution < 1.29 is 0 Å². The van der Waals surface area contributed by atoms with E-state index in [0.717, 1.165) is 37.2 Å². The zero-order chi connectivity index (χ0) is 15.1. The van der Waals surface area contributed by atoms with Gasteiger partial charge in [0, 0.05) is 13.1 Å². The van der Waals surface area contributed by atoms with Crippen molar-refractivity contribution in [2.24, 2.45) is 0 Å². The Morgan fingerprint density at radius 2 is 1.71 bits per heavy atom. The van der Waals surface area contributed by atoms with Crippen molar-refractivity contribution in [3.63, 3.8) is 0 Å². The molecule has 1 aromatic carbocycles. The van der Waals surface area contributed by atoms with Gasteiger partial charge in [-0.1, -0.05) is 38.8 Å². The number of H-pyrrole nitrogens is 1. The average molecular weight is 289 g/mol. The van der Waals surface area contributed by atoms with Gasteiger partial charge in [-0.15, -0.1) is 0 Å². The highest BCUT2D eigenvalue weighted by atomic mass is 16.1. The number of fused-ring (bicyclic) bond motifs is 1. The molecule has 21 heavy (non-hydrogen) atoms. The van der Waals surface area contributed by atoms with Crippen molar-refractivity contribution >= 4 is 11.0 Å². The summed E-state index contributed by atoms with van der Waals surface area (Å²) >= 11 is 0. The van der Waals surface area contributed by atoms with Gasteiger partial charge < -0.3 is 9.88 Å². The van der Waals surface area contributed by atoms with Gasteiger partial charge >= 0.3 is 5.69 Å². The van der Waals surface area contributed by atoms with Crippen molar-refractivity contribution in [3.05, 3.63) is 34.7 Å². The fourth-order valence-electron chi connectivity index (χ4n) is 2.67. The van der Waals surface area contributed by atoms with Gasteiger partial charge in [0.25, 0.3) is 0 Å². The number of unbranched alkanes of at least 4 members (excludes halogenated alkanes) is 2. The maximum atomic E-state index is 12.1. The Morgan fingerprint density at radius 3 is 2.38 bits per heavy atom. The molecule has 4 nitrogen and oxygen atoms in total. The van der Waals surface area contributed by atoms with Crippen LogP contribution in [0.15, 0.2) is 29.1 Å². The van der Waals surface area contributed by atoms with Crippen molar-refractivity contribution in [2.75, 3.05) is 19.6 Å². The van der Waals surface area contributed by atoms with E-state index < -0.39 is 0 Å². The molecule has 1 aromatic heterocycles. The number of aromatic nitrogens is 2. The summed E-state index contributed by atoms with van der Waals surface area (Å²) in [4.78, 5) is 17.5. The van der Waals surface area contributed by atoms with E-state index in [4.69, 9.17) is 0 Å². The number of benzene rings is 1. The predicted octanol–water partition coefficient (Wildman–Crippen LogP) is 3.23. The second kappa shape index (κ2) is 8.03. The molecule has 2 rings (SSSR count). The molecule has 1 N–H and O–H groups in total. The molecule has 0 aliphatic carbocycles. The van der Waals surface area contributed by atoms with E-state index >= 15 is 0 Å². The Labute approximate surface area is 126 Å². The van der Waals surface area contributed by atoms with Gasteiger partial charge in [-0.25, -0.2) is 4.79 Å². The highest BCUT2D eigenvalue weighted by molar-refractivity contribution is 5.74. The number of nitrogens with zero attached hydrogens (tertiary/aromatic N) is 2. The largest absolute Gasteiger partial charge is 0.326 e. The Bertz CT molecular complexity index is 591. The molecule has 2 aromatic rings. The van der Waals surface area contributed by atoms with Crippen LogP contribution in [0.3, 0.4) is 0 Å². The first-order valence-electron chi connectivity index (χ1n) is 8.16. The minimum Gasteiger partial charge on any atom is -0.306 e. The second-order valence-electron chi connectivity index (χ2n) is 5.65. The van der Waals surface area contributed by atoms with Crippen LogP contribution in [0.5, 0.6) is 0 Å². The van der Waals surface area contributed by atoms with Crippen LogP contribution in [0.1, 0.15) is 39.5 Å². The van der Waals surface area contributed by atoms with Crippen LogP contribution in [0, 0.1) is 0 Å². The Morgan fingerprint density at radius 1 is 1.05 bits per heavy atom. The SMILES string of the molecule is CCCCN(CCCC)CCn1c(=O)[nH]c2ccccc21. The second-order valence-corrected chi connectivity index (χ2v) is 5.65. The van der Waals surface area contributed by atoms with Crippen LogP contribution >= 0.6 is 0 Å². The molecule has 0 aliphatic heterocycles. The van der Waals surface area contributed by atoms with Crippen molar-refractivity contribution in [1.29, 1.82) is 0 Å². The van der Waals surface area contributed by atoms with Gasteiger partial charge in [-0.05, 0) is 38.1 Å². The molecule has 1 heterocycles. The average Bonchev–Trinajstić information content (AvgIpc) is 2.82. The smallest absolute Gasteiger partial charge is 0.306 e. The summed E-state index contributed by atoms with van der Waals surface area (Å²) in [5.74, 6) is 0. The van der Waals surface area contributed by atoms with E-state index in [1.165, 1.54) is 25.7 Å². The van der Waals surface area contributed by atoms with Crippen molar-refractivity contribution in [1.82, 2.24) is 14.5 Å². The van der Waals surface area contributed by atoms with E-state index in [1.54, 1.807) is 0 Å². The van der Waals surface area contributed by atoms with E-state index in [0.29, 0.717) is 0 Å². The molecule has 0 aliphatic rings. The quantitative estimate of drug-likeness (QED) is 0.770. The lowest BCUT2D eigenvalue weighted by atomic mass is 10.2. The van der Waals surface area contributed by atoms with Crippen LogP contribution < -0.4 is 5.69 Å². The van der Waals surface area contributed by atoms with E-state index in [9.17, 15) is 4.79 Å². The number of para-hydroxylation sites is 2. The summed E-state index contributed by atoms with van der Waals surface area (Å²) < 4.78 is 1.86. The first-order chi connectivity index (χ1) is 10.3. The third-order valence-electron chi connectivity index (χ3n) is 3.98. The molecule has 0 fully saturated rings. The summed E-state index contributed by atoms with van der Waals surface area (Å²) in [6.07, 6.45) is 4.89. The summed E-state index contributed by atoms with van der Waals surface area (Å²) in [7, 11) is 0. The molecule has 0 amide bonds. The van der Waals surface area contributed by atoms with E-state index in [1.807, 2.05) is 28.8 Å². The molecule has 0 bridgehead atoms. The number of aromatic amines is 1. The molecular formula is C17H27N3O. The van der Waals surface area contributed by atoms with Gasteiger partial charge in [0.1, 0.15) is 0 Å². The maximum absolute atomic E-state index is 12.1. The summed E-state index contributed by atoms with van der Waals surface area (Å²) in [5, 5.41) is 0. The summed E-state index contributed by atoms with van der Waals surface area (Å²) in [6, 6.07) is 7.91. The van der Waals surface area contributed by atoms with Gasteiger partial charge in [-0.3, -0.25) is 4.57 Å². The molecule has 0 unspecified atom stereocenters. The van der Waals surface area contributed by atoms with Gasteiger partial charge in [0.2, 0.25) is 0 Å². The molecule has 0 saturated heterocycles. The van der Waals surface area contributed by atoms with Gasteiger partial charge in [0.15, 0.2) is 0 Å². The zero-order valence-electron chi connectivity index (χ0n) is 13.3. The van der Waals surface area contributed by atoms with Gasteiger partial charge in [-0.2, -0.15) is 0 Å². The lowest BCUT2D eigenvalue weighted by Gasteiger charge is -2.22. The molecule has 0 atom stereocenters. The Kier molecular flexibility index (Phi) is 6.05. The molecular weight excluding hydrogens is 262 g/mol. The van der Waals surface area contributed by atoms with Crippen LogP contribution in [0.25, 0.3) is 11.0 Å². The van der Waals surface area contributed by atoms with Crippen LogP contribution in [0.4, 0.5) is 0 Å². The fraction of sp³-hybridized carbons (Fsp3) is 0.588. The fourth-order valence-corrected chi connectivity index (χ4v) is 2.67. The standard InChI is InChI=1S/C17H27N3O/c1-3-5-11-19(12-6-4-2)13-14-20-16-10-8-7-9-15(16)18-17(20)21/h7-10H,3-6,11-14H2,1-2H3,(H,18,21). The molecule has 116 valence electrons. The monoisotopic (exact) mass is 289 g/mol. The molecule has 0 radical (unpaired) electrons. The van der Waals surface area contributed by atoms with E-state index in [2.05, 4.69) is 23.7 Å². The van der Waals surface area contributed by atoms with E-state index in [-0.39, 0.29) is 5.69 Å². The number of nitrogens with one attached hydrogen (secondary N) is 1. The minimum atomic E-state index is 0.00198. The minimum absolute atomic E-state index is 0.00198. The van der Waals surface area contributed by atoms with Crippen LogP contribution in [-0.2, 0) is 6.54 Å². The summed E-state index contributed by atoms with van der Waals surface area (Å²) in [6.45, 7) is 8.42. The number of hydrogen-bond acceptors (Lipinski definition) is 2. The highest BCUT2D eigenvalue weighted by Gasteiger charge is 2.08. The predicted molar refractivity (Wildman–Crippen MR) is 88.8 cm³/mol.